The molecule has 0 saturated carbocycles. The molecule has 25 nitrogen and oxygen atoms in total. The molecule has 85 heavy (non-hydrogen) atoms. The van der Waals surface area contributed by atoms with E-state index in [1.54, 1.807) is 118 Å². The summed E-state index contributed by atoms with van der Waals surface area (Å²) in [5.74, 6) is 0.503. The van der Waals surface area contributed by atoms with Crippen LogP contribution in [0.4, 0.5) is 11.6 Å². The Hall–Kier alpha value is -3.33. The molecule has 0 radical (unpaired) electrons. The number of imidazole rings is 2. The lowest BCUT2D eigenvalue weighted by molar-refractivity contribution is -0.150. The second-order valence-corrected chi connectivity index (χ2v) is 25.1. The summed E-state index contributed by atoms with van der Waals surface area (Å²) in [6.07, 6.45) is 5.10. The van der Waals surface area contributed by atoms with Gasteiger partial charge in [0.25, 0.3) is 0 Å². The fourth-order valence-electron chi connectivity index (χ4n) is 6.60. The Morgan fingerprint density at radius 1 is 0.671 bits per heavy atom. The normalized spacial score (nSPS) is 13.5. The van der Waals surface area contributed by atoms with Crippen LogP contribution in [0.5, 0.6) is 11.5 Å². The third-order valence-electron chi connectivity index (χ3n) is 10.6. The van der Waals surface area contributed by atoms with Crippen LogP contribution in [0.3, 0.4) is 0 Å². The molecule has 2 unspecified atom stereocenters. The van der Waals surface area contributed by atoms with E-state index < -0.39 is 48.7 Å². The summed E-state index contributed by atoms with van der Waals surface area (Å²) in [6, 6.07) is 15.9. The number of nitrogens with two attached hydrogens (primary N) is 3. The Kier molecular flexibility index (Phi) is 44.1. The maximum absolute atomic E-state index is 13.8. The zero-order valence-corrected chi connectivity index (χ0v) is 59.3. The average molecular weight is 1560 g/mol. The fraction of sp³-hybridized carbons (Fsp3) is 0.529. The van der Waals surface area contributed by atoms with Gasteiger partial charge >= 0.3 is 27.1 Å². The van der Waals surface area contributed by atoms with Crippen LogP contribution >= 0.6 is 96.9 Å². The monoisotopic (exact) mass is 1560 g/mol. The zero-order valence-electron chi connectivity index (χ0n) is 49.4. The van der Waals surface area contributed by atoms with Crippen molar-refractivity contribution in [3.8, 4) is 11.5 Å². The number of nitrogens with zero attached hydrogens (tertiary/aromatic N) is 9. The van der Waals surface area contributed by atoms with Gasteiger partial charge in [-0.2, -0.15) is 0 Å². The molecule has 34 heteroatoms. The molecule has 0 amide bonds. The summed E-state index contributed by atoms with van der Waals surface area (Å²) in [5.41, 5.74) is 19.1. The Labute approximate surface area is 543 Å². The van der Waals surface area contributed by atoms with E-state index in [2.05, 4.69) is 119 Å². The molecular weight excluding hydrogens is 1480 g/mol. The van der Waals surface area contributed by atoms with E-state index >= 15 is 0 Å². The van der Waals surface area contributed by atoms with E-state index in [0.29, 0.717) is 71.4 Å². The summed E-state index contributed by atoms with van der Waals surface area (Å²) in [7, 11) is -0.204. The Morgan fingerprint density at radius 3 is 1.42 bits per heavy atom. The fourth-order valence-corrected chi connectivity index (χ4v) is 9.41. The largest absolute Gasteiger partial charge is 0.462 e. The van der Waals surface area contributed by atoms with Crippen molar-refractivity contribution in [2.24, 2.45) is 5.73 Å². The number of halogens is 6. The summed E-state index contributed by atoms with van der Waals surface area (Å²) in [6.45, 7) is 25.3. The van der Waals surface area contributed by atoms with Gasteiger partial charge in [-0.05, 0) is 98.3 Å². The van der Waals surface area contributed by atoms with Crippen LogP contribution in [0.1, 0.15) is 89.0 Å². The van der Waals surface area contributed by atoms with Gasteiger partial charge < -0.3 is 64.1 Å². The lowest BCUT2D eigenvalue weighted by Gasteiger charge is -2.26. The molecule has 6 rings (SSSR count). The lowest BCUT2D eigenvalue weighted by atomic mass is 10.2. The van der Waals surface area contributed by atoms with Gasteiger partial charge in [0, 0.05) is 58.6 Å². The molecule has 4 heterocycles. The topological polar surface area (TPSA) is 341 Å². The Bertz CT molecular complexity index is 2890. The number of hydrogen-bond acceptors (Lipinski definition) is 21. The van der Waals surface area contributed by atoms with E-state index in [1.165, 1.54) is 32.3 Å². The van der Waals surface area contributed by atoms with E-state index in [9.17, 15) is 23.6 Å². The molecule has 6 atom stereocenters. The summed E-state index contributed by atoms with van der Waals surface area (Å²) >= 11 is 13.8. The molecule has 0 bridgehead atoms. The number of rotatable bonds is 25. The minimum atomic E-state index is -3.91. The third kappa shape index (κ3) is 34.9. The first-order chi connectivity index (χ1) is 40.2. The molecule has 2 aromatic carbocycles. The van der Waals surface area contributed by atoms with Crippen LogP contribution in [0.15, 0.2) is 86.0 Å². The third-order valence-corrected chi connectivity index (χ3v) is 13.3. The van der Waals surface area contributed by atoms with Gasteiger partial charge in [0.15, 0.2) is 29.3 Å². The highest BCUT2D eigenvalue weighted by molar-refractivity contribution is 15.0. The summed E-state index contributed by atoms with van der Waals surface area (Å²) in [5, 5.41) is 3.06. The van der Waals surface area contributed by atoms with Crippen molar-refractivity contribution in [3.63, 3.8) is 0 Å². The molecule has 8 N–H and O–H groups in total. The Morgan fingerprint density at radius 2 is 1.06 bits per heavy atom. The van der Waals surface area contributed by atoms with Crippen molar-refractivity contribution in [3.05, 3.63) is 86.0 Å². The highest BCUT2D eigenvalue weighted by atomic mass is 128. The summed E-state index contributed by atoms with van der Waals surface area (Å²) < 4.78 is 70.9. The standard InChI is InChI=1S/C22H31N6O5P.C15H18N5O4P.C7H15NO2.C6H15N.CH2Cl2.Cl2OS.I2/c1-5-18(22(29)32-15(2)3)27-34(30,33-17-9-7-6-8-10-17)14-31-16(4)11-28-13-26-19-20(23)24-12-25-21(19)28;1-11(7-20-9-19-13-14(16)17-8-18-15(13)20)23-10-25(21,22)24-12-5-3-2-4-6-12;1-4-6(8)7(9)10-5(2)3;1-4-7(5-2)6-3;2-1-3;1-4(2)3;1-2/h6-10,12-13,15-16,18H,5,11,14H2,1-4H3,(H,27,30)(H2,23,24,25);2-6,8-9,11H,7,10H2,1H3,(H,21,22)(H2,16,17,18);5-6H,4,8H2,1-3H3;4-6H2,1-3H3;1H2;;/t16-,18+,34?;11-;6-;;;;/m110..../s1. The summed E-state index contributed by atoms with van der Waals surface area (Å²) in [4.78, 5) is 60.2. The first-order valence-electron chi connectivity index (χ1n) is 26.4. The van der Waals surface area contributed by atoms with E-state index in [4.69, 9.17) is 72.6 Å². The van der Waals surface area contributed by atoms with Crippen molar-refractivity contribution in [2.75, 3.05) is 49.1 Å². The van der Waals surface area contributed by atoms with Crippen LogP contribution in [0.2, 0.25) is 0 Å². The van der Waals surface area contributed by atoms with Crippen molar-refractivity contribution >= 4 is 152 Å². The zero-order chi connectivity index (χ0) is 64.7. The minimum Gasteiger partial charge on any atom is -0.462 e. The quantitative estimate of drug-likeness (QED) is 0.0117. The number of carbonyl (C=O) groups is 2. The van der Waals surface area contributed by atoms with Crippen molar-refractivity contribution in [1.29, 1.82) is 0 Å². The highest BCUT2D eigenvalue weighted by Crippen LogP contribution is 2.45. The van der Waals surface area contributed by atoms with Gasteiger partial charge in [-0.1, -0.05) is 71.0 Å². The second-order valence-electron chi connectivity index (χ2n) is 18.0. The predicted molar refractivity (Wildman–Crippen MR) is 358 cm³/mol. The van der Waals surface area contributed by atoms with Gasteiger partial charge in [0.1, 0.15) is 53.6 Å². The average Bonchev–Trinajstić information content (AvgIpc) is 3.07. The predicted octanol–water partition coefficient (Wildman–Crippen LogP) is 11.7. The van der Waals surface area contributed by atoms with E-state index in [-0.39, 0.29) is 42.1 Å². The number of fused-ring (bicyclic) bond motifs is 2. The SMILES string of the molecule is CCN(CC)CC.CC[C@H](N)C(=O)OC(C)C.CC[C@H](NP(=O)(CO[C@H](C)Cn1cnc2c(N)ncnc21)Oc1ccccc1)C(=O)OC(C)C.C[C@H](Cn1cnc2c(N)ncnc21)OCP(=O)(O)Oc1ccccc1.ClCCl.II.O=S(Cl)Cl. The molecule has 0 aliphatic rings. The van der Waals surface area contributed by atoms with E-state index in [1.807, 2.05) is 19.9 Å². The van der Waals surface area contributed by atoms with Crippen molar-refractivity contribution in [1.82, 2.24) is 49.0 Å². The molecule has 0 aliphatic carbocycles. The smallest absolute Gasteiger partial charge is 0.402 e. The number of benzene rings is 2. The minimum absolute atomic E-state index is 0.0647. The lowest BCUT2D eigenvalue weighted by Crippen LogP contribution is -2.38. The van der Waals surface area contributed by atoms with Crippen LogP contribution in [-0.2, 0) is 60.0 Å². The second kappa shape index (κ2) is 45.9. The number of ether oxygens (including phenoxy) is 4. The van der Waals surface area contributed by atoms with Crippen LogP contribution in [0.25, 0.3) is 22.3 Å². The number of nitrogens with one attached hydrogen (secondary N) is 1. The maximum Gasteiger partial charge on any atom is 0.402 e. The number of aromatic nitrogens is 8. The number of alkyl halides is 2. The van der Waals surface area contributed by atoms with Gasteiger partial charge in [-0.15, -0.1) is 23.2 Å². The number of anilines is 2. The molecule has 4 aromatic heterocycles. The maximum atomic E-state index is 13.8. The van der Waals surface area contributed by atoms with Gasteiger partial charge in [0.05, 0.1) is 55.5 Å². The van der Waals surface area contributed by atoms with Gasteiger partial charge in [0.2, 0.25) is 9.23 Å². The van der Waals surface area contributed by atoms with Gasteiger partial charge in [-0.25, -0.2) is 43.8 Å². The molecule has 480 valence electrons. The number of esters is 2. The molecule has 6 aromatic rings. The molecule has 0 fully saturated rings. The highest BCUT2D eigenvalue weighted by Gasteiger charge is 2.33. The number of hydrogen-bond donors (Lipinski definition) is 5. The first kappa shape index (κ1) is 81.7. The van der Waals surface area contributed by atoms with Crippen molar-refractivity contribution in [2.45, 2.75) is 139 Å². The van der Waals surface area contributed by atoms with Gasteiger partial charge in [-0.3, -0.25) is 14.2 Å². The Balaban J connectivity index is 0.00000120. The van der Waals surface area contributed by atoms with Crippen molar-refractivity contribution < 1.29 is 55.8 Å². The van der Waals surface area contributed by atoms with Crippen LogP contribution in [0, 0.1) is 0 Å². The molecule has 0 saturated heterocycles. The number of nitrogen functional groups attached to an aromatic ring is 2. The number of para-hydroxylation sites is 2. The van der Waals surface area contributed by atoms with E-state index in [0.717, 1.165) is 0 Å². The van der Waals surface area contributed by atoms with Crippen LogP contribution < -0.4 is 31.3 Å². The molecule has 0 spiro atoms. The van der Waals surface area contributed by atoms with Crippen LogP contribution in [-0.4, -0.2) is 139 Å². The molecular formula is C51H81Cl4I2N13O12P2S. The molecule has 0 aliphatic heterocycles. The number of carbonyl (C=O) groups excluding carboxylic acids is 2. The first-order valence-corrected chi connectivity index (χ1v) is 40.1.